The van der Waals surface area contributed by atoms with Crippen LogP contribution in [0.2, 0.25) is 0 Å². The molecule has 1 N–H and O–H groups in total. The quantitative estimate of drug-likeness (QED) is 0.781. The highest BCUT2D eigenvalue weighted by molar-refractivity contribution is 7.09. The van der Waals surface area contributed by atoms with Gasteiger partial charge in [-0.25, -0.2) is 9.37 Å². The van der Waals surface area contributed by atoms with E-state index in [4.69, 9.17) is 0 Å². The van der Waals surface area contributed by atoms with E-state index >= 15 is 0 Å². The lowest BCUT2D eigenvalue weighted by Crippen LogP contribution is -2.30. The minimum absolute atomic E-state index is 0. The Kier molecular flexibility index (Phi) is 8.03. The van der Waals surface area contributed by atoms with Crippen LogP contribution in [0.1, 0.15) is 22.6 Å². The monoisotopic (exact) mass is 381 g/mol. The van der Waals surface area contributed by atoms with Crippen LogP contribution in [0.15, 0.2) is 35.9 Å². The first-order chi connectivity index (χ1) is 11.7. The fraction of sp³-hybridized carbons (Fsp3) is 0.421. The zero-order valence-corrected chi connectivity index (χ0v) is 16.1. The maximum absolute atomic E-state index is 13.0. The van der Waals surface area contributed by atoms with E-state index in [1.54, 1.807) is 11.3 Å². The maximum Gasteiger partial charge on any atom is 0.123 e. The molecular weight excluding hydrogens is 357 g/mol. The Balaban J connectivity index is 0.00000225. The average Bonchev–Trinajstić information content (AvgIpc) is 3.22. The molecule has 0 radical (unpaired) electrons. The van der Waals surface area contributed by atoms with Gasteiger partial charge in [0.1, 0.15) is 5.82 Å². The van der Waals surface area contributed by atoms with Crippen LogP contribution in [0.25, 0.3) is 6.08 Å². The van der Waals surface area contributed by atoms with E-state index in [0.29, 0.717) is 0 Å². The molecule has 1 fully saturated rings. The molecule has 1 atom stereocenters. The molecule has 1 aromatic heterocycles. The molecule has 0 bridgehead atoms. The van der Waals surface area contributed by atoms with Gasteiger partial charge in [0.25, 0.3) is 0 Å². The molecule has 25 heavy (non-hydrogen) atoms. The summed E-state index contributed by atoms with van der Waals surface area (Å²) >= 11 is 1.73. The third-order valence-electron chi connectivity index (χ3n) is 4.43. The number of rotatable bonds is 7. The summed E-state index contributed by atoms with van der Waals surface area (Å²) in [7, 11) is 0. The molecule has 6 heteroatoms. The Bertz CT molecular complexity index is 666. The summed E-state index contributed by atoms with van der Waals surface area (Å²) in [5.41, 5.74) is 4.10. The molecule has 3 nitrogen and oxygen atoms in total. The Labute approximate surface area is 159 Å². The molecule has 0 aliphatic carbocycles. The normalized spacial score (nSPS) is 17.3. The summed E-state index contributed by atoms with van der Waals surface area (Å²) in [4.78, 5) is 8.19. The highest BCUT2D eigenvalue weighted by atomic mass is 35.5. The third kappa shape index (κ3) is 6.19. The summed E-state index contributed by atoms with van der Waals surface area (Å²) < 4.78 is 13.0. The van der Waals surface area contributed by atoms with Gasteiger partial charge in [-0.05, 0) is 50.0 Å². The molecule has 3 rings (SSSR count). The fourth-order valence-electron chi connectivity index (χ4n) is 3.03. The van der Waals surface area contributed by atoms with Crippen LogP contribution in [0.4, 0.5) is 4.39 Å². The average molecular weight is 382 g/mol. The van der Waals surface area contributed by atoms with Gasteiger partial charge in [0, 0.05) is 24.5 Å². The molecule has 0 spiro atoms. The Morgan fingerprint density at radius 1 is 1.36 bits per heavy atom. The van der Waals surface area contributed by atoms with Gasteiger partial charge in [-0.15, -0.1) is 23.7 Å². The van der Waals surface area contributed by atoms with Crippen molar-refractivity contribution in [2.75, 3.05) is 26.2 Å². The number of nitrogens with one attached hydrogen (secondary N) is 1. The molecule has 1 aliphatic rings. The van der Waals surface area contributed by atoms with Crippen molar-refractivity contribution in [2.45, 2.75) is 19.9 Å². The fourth-order valence-corrected chi connectivity index (χ4v) is 3.85. The zero-order valence-electron chi connectivity index (χ0n) is 14.5. The first kappa shape index (κ1) is 20.0. The van der Waals surface area contributed by atoms with Gasteiger partial charge in [0.2, 0.25) is 0 Å². The number of hydrogen-bond donors (Lipinski definition) is 1. The molecule has 1 saturated heterocycles. The number of hydrogen-bond acceptors (Lipinski definition) is 4. The maximum atomic E-state index is 13.0. The predicted molar refractivity (Wildman–Crippen MR) is 106 cm³/mol. The summed E-state index contributed by atoms with van der Waals surface area (Å²) in [6.45, 7) is 7.25. The molecule has 1 aliphatic heterocycles. The predicted octanol–water partition coefficient (Wildman–Crippen LogP) is 4.14. The Hall–Kier alpha value is -1.27. The van der Waals surface area contributed by atoms with Crippen LogP contribution in [0, 0.1) is 18.7 Å². The van der Waals surface area contributed by atoms with Crippen molar-refractivity contribution in [1.82, 2.24) is 15.2 Å². The highest BCUT2D eigenvalue weighted by Crippen LogP contribution is 2.18. The van der Waals surface area contributed by atoms with E-state index in [1.807, 2.05) is 17.6 Å². The van der Waals surface area contributed by atoms with Crippen LogP contribution in [0.5, 0.6) is 0 Å². The Morgan fingerprint density at radius 3 is 2.80 bits per heavy atom. The minimum atomic E-state index is -0.191. The number of thiazole rings is 1. The van der Waals surface area contributed by atoms with E-state index < -0.39 is 0 Å². The van der Waals surface area contributed by atoms with Gasteiger partial charge in [-0.3, -0.25) is 4.90 Å². The molecule has 136 valence electrons. The van der Waals surface area contributed by atoms with Crippen LogP contribution in [-0.2, 0) is 6.54 Å². The number of aryl methyl sites for hydroxylation is 1. The lowest BCUT2D eigenvalue weighted by atomic mass is 10.1. The van der Waals surface area contributed by atoms with Crippen LogP contribution < -0.4 is 5.32 Å². The summed E-state index contributed by atoms with van der Waals surface area (Å²) in [5.74, 6) is 0.528. The first-order valence-electron chi connectivity index (χ1n) is 8.45. The van der Waals surface area contributed by atoms with Gasteiger partial charge in [0.15, 0.2) is 0 Å². The van der Waals surface area contributed by atoms with Crippen molar-refractivity contribution >= 4 is 29.8 Å². The van der Waals surface area contributed by atoms with E-state index in [9.17, 15) is 4.39 Å². The van der Waals surface area contributed by atoms with Crippen molar-refractivity contribution in [3.8, 4) is 0 Å². The van der Waals surface area contributed by atoms with Gasteiger partial charge >= 0.3 is 0 Å². The van der Waals surface area contributed by atoms with E-state index in [1.165, 1.54) is 23.4 Å². The smallest absolute Gasteiger partial charge is 0.123 e. The van der Waals surface area contributed by atoms with Gasteiger partial charge in [0.05, 0.1) is 11.2 Å². The molecular formula is C19H25ClFN3S. The summed E-state index contributed by atoms with van der Waals surface area (Å²) in [6.07, 6.45) is 5.49. The minimum Gasteiger partial charge on any atom is -0.316 e. The summed E-state index contributed by atoms with van der Waals surface area (Å²) in [5, 5.41) is 3.45. The number of nitrogens with zero attached hydrogens (tertiary/aromatic N) is 2. The van der Waals surface area contributed by atoms with E-state index in [-0.39, 0.29) is 18.2 Å². The van der Waals surface area contributed by atoms with Crippen molar-refractivity contribution in [3.05, 3.63) is 57.8 Å². The first-order valence-corrected chi connectivity index (χ1v) is 9.33. The number of benzene rings is 1. The largest absolute Gasteiger partial charge is 0.316 e. The lowest BCUT2D eigenvalue weighted by Gasteiger charge is -2.23. The molecule has 1 unspecified atom stereocenters. The van der Waals surface area contributed by atoms with E-state index in [0.717, 1.165) is 49.9 Å². The lowest BCUT2D eigenvalue weighted by molar-refractivity contribution is 0.254. The molecule has 2 heterocycles. The topological polar surface area (TPSA) is 28.2 Å². The van der Waals surface area contributed by atoms with Crippen LogP contribution >= 0.6 is 23.7 Å². The van der Waals surface area contributed by atoms with Crippen LogP contribution in [-0.4, -0.2) is 36.1 Å². The summed E-state index contributed by atoms with van der Waals surface area (Å²) in [6, 6.07) is 6.62. The second kappa shape index (κ2) is 10.0. The Morgan fingerprint density at radius 2 is 2.16 bits per heavy atom. The number of halogens is 2. The molecule has 1 aromatic carbocycles. The SMILES string of the molecule is Cc1ncsc1CN(C/C=C/c1ccc(F)cc1)CC1CCNC1.Cl. The van der Waals surface area contributed by atoms with Crippen molar-refractivity contribution in [3.63, 3.8) is 0 Å². The highest BCUT2D eigenvalue weighted by Gasteiger charge is 2.18. The molecule has 0 amide bonds. The van der Waals surface area contributed by atoms with E-state index in [2.05, 4.69) is 34.3 Å². The van der Waals surface area contributed by atoms with Gasteiger partial charge < -0.3 is 5.32 Å². The number of aromatic nitrogens is 1. The van der Waals surface area contributed by atoms with Crippen molar-refractivity contribution < 1.29 is 4.39 Å². The standard InChI is InChI=1S/C19H24FN3S.ClH/c1-15-19(24-14-22-15)13-23(12-17-8-9-21-11-17)10-2-3-16-4-6-18(20)7-5-16;/h2-7,14,17,21H,8-13H2,1H3;1H/b3-2+;. The van der Waals surface area contributed by atoms with Crippen LogP contribution in [0.3, 0.4) is 0 Å². The second-order valence-corrected chi connectivity index (χ2v) is 7.31. The molecule has 0 saturated carbocycles. The second-order valence-electron chi connectivity index (χ2n) is 6.37. The zero-order chi connectivity index (χ0) is 16.8. The van der Waals surface area contributed by atoms with Crippen molar-refractivity contribution in [1.29, 1.82) is 0 Å². The third-order valence-corrected chi connectivity index (χ3v) is 5.35. The van der Waals surface area contributed by atoms with Gasteiger partial charge in [-0.1, -0.05) is 24.3 Å². The van der Waals surface area contributed by atoms with Gasteiger partial charge in [-0.2, -0.15) is 0 Å². The molecule has 2 aromatic rings. The van der Waals surface area contributed by atoms with Crippen molar-refractivity contribution in [2.24, 2.45) is 5.92 Å².